The molecule has 18 atom stereocenters. The molecule has 21 N–H and O–H groups in total. The molecule has 109 heavy (non-hydrogen) atoms. The first kappa shape index (κ1) is 79.7. The van der Waals surface area contributed by atoms with E-state index in [4.69, 9.17) is 63.1 Å². The molecule has 6 aromatic carbocycles. The zero-order valence-corrected chi connectivity index (χ0v) is 60.3. The fraction of sp³-hybridized carbons (Fsp3) is 0.384. The molecule has 8 amide bonds. The number of phenolic OH excluding ortho intramolecular Hbond substituents is 3. The number of hydrogen-bond donors (Lipinski definition) is 19. The van der Waals surface area contributed by atoms with E-state index in [0.717, 1.165) is 60.7 Å². The van der Waals surface area contributed by atoms with Gasteiger partial charge >= 0.3 is 0 Å². The van der Waals surface area contributed by atoms with Gasteiger partial charge in [-0.05, 0) is 121 Å². The third-order valence-electron chi connectivity index (χ3n) is 19.0. The highest BCUT2D eigenvalue weighted by molar-refractivity contribution is 6.32. The van der Waals surface area contributed by atoms with E-state index < -0.39 is 231 Å². The summed E-state index contributed by atoms with van der Waals surface area (Å²) in [6.45, 7) is 5.68. The van der Waals surface area contributed by atoms with E-state index in [1.165, 1.54) is 45.3 Å². The highest BCUT2D eigenvalue weighted by atomic mass is 35.5. The van der Waals surface area contributed by atoms with Gasteiger partial charge in [-0.15, -0.1) is 0 Å². The Morgan fingerprint density at radius 1 is 0.716 bits per heavy atom. The van der Waals surface area contributed by atoms with Crippen LogP contribution in [-0.4, -0.2) is 192 Å². The molecular formula is C73H81Cl2N11O23. The molecular weight excluding hydrogens is 1470 g/mol. The summed E-state index contributed by atoms with van der Waals surface area (Å²) in [4.78, 5) is 120. The Kier molecular flexibility index (Phi) is 24.3. The van der Waals surface area contributed by atoms with Gasteiger partial charge in [0.2, 0.25) is 53.4 Å². The Labute approximate surface area is 631 Å². The van der Waals surface area contributed by atoms with E-state index in [1.807, 2.05) is 13.8 Å². The van der Waals surface area contributed by atoms with Crippen LogP contribution in [0, 0.1) is 5.92 Å². The number of hydrazone groups is 1. The van der Waals surface area contributed by atoms with E-state index in [0.29, 0.717) is 5.56 Å². The molecule has 7 aliphatic heterocycles. The number of hydrogen-bond acceptors (Lipinski definition) is 26. The summed E-state index contributed by atoms with van der Waals surface area (Å²) in [6.07, 6.45) is -17.3. The van der Waals surface area contributed by atoms with Gasteiger partial charge in [-0.25, -0.2) is 5.43 Å². The van der Waals surface area contributed by atoms with Crippen molar-refractivity contribution in [2.45, 2.75) is 156 Å². The third-order valence-corrected chi connectivity index (χ3v) is 19.6. The average Bonchev–Trinajstić information content (AvgIpc) is 0.768. The number of likely N-dealkylation sites (N-methyl/N-ethyl adjacent to an activating group) is 1. The van der Waals surface area contributed by atoms with Crippen molar-refractivity contribution in [3.8, 4) is 57.1 Å². The van der Waals surface area contributed by atoms with Gasteiger partial charge in [0.25, 0.3) is 5.91 Å². The predicted octanol–water partition coefficient (Wildman–Crippen LogP) is 1.17. The van der Waals surface area contributed by atoms with Crippen molar-refractivity contribution >= 4 is 76.7 Å². The van der Waals surface area contributed by atoms with Crippen LogP contribution >= 0.6 is 23.2 Å². The Morgan fingerprint density at radius 2 is 1.34 bits per heavy atom. The molecule has 580 valence electrons. The number of phenols is 3. The molecule has 11 bridgehead atoms. The van der Waals surface area contributed by atoms with Gasteiger partial charge in [0.1, 0.15) is 95.5 Å². The Hall–Kier alpha value is -10.3. The quantitative estimate of drug-likeness (QED) is 0.0507. The number of rotatable bonds is 15. The maximum atomic E-state index is 16.2. The molecule has 7 heterocycles. The van der Waals surface area contributed by atoms with Crippen molar-refractivity contribution in [1.82, 2.24) is 42.6 Å². The molecule has 34 nitrogen and oxygen atoms in total. The normalized spacial score (nSPS) is 28.2. The van der Waals surface area contributed by atoms with Crippen LogP contribution in [0.25, 0.3) is 11.1 Å². The lowest BCUT2D eigenvalue weighted by Crippen LogP contribution is -2.64. The number of primary amides is 1. The van der Waals surface area contributed by atoms with Crippen molar-refractivity contribution in [3.63, 3.8) is 0 Å². The monoisotopic (exact) mass is 1550 g/mol. The molecule has 0 spiro atoms. The highest BCUT2D eigenvalue weighted by Crippen LogP contribution is 2.50. The number of carbonyl (C=O) groups excluding carboxylic acids is 8. The van der Waals surface area contributed by atoms with Gasteiger partial charge in [-0.2, -0.15) is 5.10 Å². The lowest BCUT2D eigenvalue weighted by Gasteiger charge is -2.47. The zero-order valence-electron chi connectivity index (χ0n) is 58.8. The SMILES string of the molecule is CN[C@H](CC(C)C)C(=O)N[C@H]1C(=O)N[C@@H](CC(N)=O)C(=O)N[C@H]2C(=O)N[C@H]3C(=O)N[C@H](C(=O)N[C@H](C(=O)N/N=C/c4ccccc4)c4cc(O)cc(O)c4-c4cc3ccc4O)[C@H](O)c3ccc(c(Cl)c3)Oc3cc2cc(c3O[C@@H]2O[C@H](CO)[C@@H](O)[C@H](O)[C@H]2O[C@H]2C[C@](C)(N)[C@H](O)[C@H](C)O2)Oc2ccc(cc2Cl)[C@H]1O. The number of halogens is 2. The predicted molar refractivity (Wildman–Crippen MR) is 384 cm³/mol. The van der Waals surface area contributed by atoms with E-state index in [9.17, 15) is 65.1 Å². The summed E-state index contributed by atoms with van der Waals surface area (Å²) < 4.78 is 38.6. The van der Waals surface area contributed by atoms with Crippen LogP contribution in [0.4, 0.5) is 0 Å². The van der Waals surface area contributed by atoms with Crippen LogP contribution in [0.2, 0.25) is 10.0 Å². The minimum atomic E-state index is -2.35. The lowest BCUT2D eigenvalue weighted by molar-refractivity contribution is -0.333. The number of fused-ring (bicyclic) bond motifs is 15. The Morgan fingerprint density at radius 3 is 1.95 bits per heavy atom. The molecule has 2 fully saturated rings. The second-order valence-electron chi connectivity index (χ2n) is 27.5. The number of amides is 8. The molecule has 0 aromatic heterocycles. The zero-order chi connectivity index (χ0) is 78.8. The maximum Gasteiger partial charge on any atom is 0.267 e. The standard InChI is InChI=1S/C73H81Cl2N11O23/c1-29(2)17-41(78-5)65(97)84-56-58(92)33-12-15-45(39(74)19-33)105-47-21-35-22-48(62(47)109-72-63(61(95)60(94)49(28-87)107-72)108-51-26-73(4,77)64(96)30(3)104-51)106-46-16-13-34(20-40(46)75)59(93)57-70(102)83-55(71(103)86-79-27-31-9-7-6-8-10-31)38-23-36(88)24-44(90)52(38)37-18-32(11-14-43(37)89)53(67(99)85-57)82-68(100)54(35)81-66(98)42(25-50(76)91)80-69(56)101/h6-16,18-24,27,29-30,41-42,49,51,53-61,63-64,72,78,87-90,92-96H,17,25-26,28,77H2,1-5H3,(H2,76,91)(H,80,101)(H,81,98)(H,82,100)(H,83,102)(H,84,97)(H,85,99)(H,86,103)/b79-27+/t30-,41+,42-,49+,51-,53+,54+,55-,56+,57-,58+,59+,60+,61-,63+,64+,72-,73-/m0/s1. The van der Waals surface area contributed by atoms with Crippen LogP contribution < -0.4 is 68.3 Å². The fourth-order valence-corrected chi connectivity index (χ4v) is 13.7. The van der Waals surface area contributed by atoms with Crippen molar-refractivity contribution in [1.29, 1.82) is 0 Å². The third kappa shape index (κ3) is 17.6. The Balaban J connectivity index is 1.15. The first-order chi connectivity index (χ1) is 51.7. The topological polar surface area (TPSA) is 535 Å². The lowest BCUT2D eigenvalue weighted by atomic mass is 9.86. The van der Waals surface area contributed by atoms with Crippen LogP contribution in [-0.2, 0) is 52.6 Å². The number of ether oxygens (including phenoxy) is 6. The molecule has 7 aliphatic rings. The summed E-state index contributed by atoms with van der Waals surface area (Å²) in [6, 6.07) is 8.39. The van der Waals surface area contributed by atoms with Crippen LogP contribution in [0.1, 0.15) is 111 Å². The number of aliphatic hydroxyl groups is 6. The first-order valence-electron chi connectivity index (χ1n) is 34.3. The first-order valence-corrected chi connectivity index (χ1v) is 35.1. The van der Waals surface area contributed by atoms with Crippen LogP contribution in [0.3, 0.4) is 0 Å². The molecule has 0 unspecified atom stereocenters. The molecule has 0 aliphatic carbocycles. The Bertz CT molecular complexity index is 4520. The maximum absolute atomic E-state index is 16.2. The molecule has 2 saturated heterocycles. The average molecular weight is 1550 g/mol. The summed E-state index contributed by atoms with van der Waals surface area (Å²) in [5.74, 6) is -15.0. The summed E-state index contributed by atoms with van der Waals surface area (Å²) in [5, 5.41) is 126. The largest absolute Gasteiger partial charge is 0.508 e. The number of nitrogens with zero attached hydrogens (tertiary/aromatic N) is 1. The van der Waals surface area contributed by atoms with E-state index in [1.54, 1.807) is 30.3 Å². The van der Waals surface area contributed by atoms with Gasteiger partial charge in [-0.3, -0.25) is 38.4 Å². The van der Waals surface area contributed by atoms with E-state index in [2.05, 4.69) is 47.7 Å². The molecule has 0 radical (unpaired) electrons. The van der Waals surface area contributed by atoms with Gasteiger partial charge in [-0.1, -0.05) is 85.6 Å². The van der Waals surface area contributed by atoms with Crippen LogP contribution in [0.15, 0.2) is 114 Å². The molecule has 36 heteroatoms. The van der Waals surface area contributed by atoms with Crippen molar-refractivity contribution < 1.29 is 113 Å². The van der Waals surface area contributed by atoms with Crippen molar-refractivity contribution in [2.24, 2.45) is 22.5 Å². The molecule has 6 aromatic rings. The van der Waals surface area contributed by atoms with Gasteiger partial charge in [0.15, 0.2) is 23.9 Å². The summed E-state index contributed by atoms with van der Waals surface area (Å²) >= 11 is 14.2. The number of aromatic hydroxyl groups is 3. The minimum absolute atomic E-state index is 0.0997. The highest BCUT2D eigenvalue weighted by Gasteiger charge is 2.52. The summed E-state index contributed by atoms with van der Waals surface area (Å²) in [7, 11) is 1.48. The van der Waals surface area contributed by atoms with Crippen molar-refractivity contribution in [2.75, 3.05) is 13.7 Å². The second kappa shape index (κ2) is 33.3. The molecule has 0 saturated carbocycles. The van der Waals surface area contributed by atoms with Gasteiger partial charge in [0, 0.05) is 29.2 Å². The van der Waals surface area contributed by atoms with Gasteiger partial charge in [0.05, 0.1) is 47.5 Å². The number of nitrogens with two attached hydrogens (primary N) is 2. The van der Waals surface area contributed by atoms with Crippen LogP contribution in [0.5, 0.6) is 46.0 Å². The number of carbonyl (C=O) groups is 8. The van der Waals surface area contributed by atoms with E-state index >= 15 is 19.2 Å². The van der Waals surface area contributed by atoms with Crippen molar-refractivity contribution in [3.05, 3.63) is 153 Å². The number of benzene rings is 6. The molecule has 13 rings (SSSR count). The fourth-order valence-electron chi connectivity index (χ4n) is 13.3. The number of nitrogens with one attached hydrogen (secondary N) is 8. The number of aliphatic hydroxyl groups excluding tert-OH is 6. The second-order valence-corrected chi connectivity index (χ2v) is 28.3. The smallest absolute Gasteiger partial charge is 0.267 e. The summed E-state index contributed by atoms with van der Waals surface area (Å²) in [5.41, 5.74) is 11.2. The van der Waals surface area contributed by atoms with Gasteiger partial charge < -0.3 is 123 Å². The minimum Gasteiger partial charge on any atom is -0.508 e. The van der Waals surface area contributed by atoms with E-state index in [-0.39, 0.29) is 52.0 Å².